The van der Waals surface area contributed by atoms with E-state index in [1.54, 1.807) is 66.7 Å². The molecular formula is C70H62O8. The van der Waals surface area contributed by atoms with Crippen molar-refractivity contribution >= 4 is 0 Å². The fourth-order valence-electron chi connectivity index (χ4n) is 10.6. The molecule has 0 amide bonds. The van der Waals surface area contributed by atoms with Crippen molar-refractivity contribution in [1.29, 1.82) is 0 Å². The van der Waals surface area contributed by atoms with Crippen LogP contribution in [0, 0.1) is 11.8 Å². The molecule has 8 nitrogen and oxygen atoms in total. The van der Waals surface area contributed by atoms with E-state index in [1.165, 1.54) is 17.2 Å². The number of aromatic hydroxyl groups is 7. The van der Waals surface area contributed by atoms with E-state index in [4.69, 9.17) is 4.74 Å². The maximum Gasteiger partial charge on any atom is 0.131 e. The van der Waals surface area contributed by atoms with Crippen molar-refractivity contribution in [2.45, 2.75) is 52.4 Å². The molecule has 0 aliphatic carbocycles. The summed E-state index contributed by atoms with van der Waals surface area (Å²) in [5.41, 5.74) is 12.4. The maximum absolute atomic E-state index is 11.6. The summed E-state index contributed by atoms with van der Waals surface area (Å²) in [5, 5.41) is 78.1. The molecule has 0 aliphatic heterocycles. The normalized spacial score (nSPS) is 12.2. The van der Waals surface area contributed by atoms with Gasteiger partial charge in [0, 0.05) is 51.3 Å². The van der Waals surface area contributed by atoms with Crippen LogP contribution in [0.15, 0.2) is 212 Å². The van der Waals surface area contributed by atoms with Crippen LogP contribution in [0.25, 0.3) is 44.5 Å². The van der Waals surface area contributed by atoms with Crippen LogP contribution in [0.4, 0.5) is 0 Å². The summed E-state index contributed by atoms with van der Waals surface area (Å²) in [7, 11) is 0. The molecule has 0 saturated carbocycles. The highest BCUT2D eigenvalue weighted by molar-refractivity contribution is 5.79. The molecule has 0 fully saturated rings. The van der Waals surface area contributed by atoms with Crippen molar-refractivity contribution in [1.82, 2.24) is 0 Å². The van der Waals surface area contributed by atoms with Crippen LogP contribution in [0.1, 0.15) is 84.0 Å². The lowest BCUT2D eigenvalue weighted by Gasteiger charge is -2.23. The van der Waals surface area contributed by atoms with Gasteiger partial charge in [-0.05, 0) is 171 Å². The molecule has 10 aromatic rings. The lowest BCUT2D eigenvalue weighted by atomic mass is 9.81. The van der Waals surface area contributed by atoms with E-state index in [0.717, 1.165) is 57.3 Å². The van der Waals surface area contributed by atoms with Crippen LogP contribution < -0.4 is 4.74 Å². The molecule has 2 unspecified atom stereocenters. The summed E-state index contributed by atoms with van der Waals surface area (Å²) in [6.45, 7) is 8.75. The molecule has 0 saturated heterocycles. The predicted molar refractivity (Wildman–Crippen MR) is 311 cm³/mol. The van der Waals surface area contributed by atoms with E-state index in [1.807, 2.05) is 91.0 Å². The lowest BCUT2D eigenvalue weighted by molar-refractivity contribution is 0.454. The van der Waals surface area contributed by atoms with Gasteiger partial charge in [-0.1, -0.05) is 143 Å². The number of rotatable bonds is 16. The topological polar surface area (TPSA) is 151 Å². The molecule has 8 heteroatoms. The average Bonchev–Trinajstić information content (AvgIpc) is 3.52. The molecule has 390 valence electrons. The molecule has 0 radical (unpaired) electrons. The van der Waals surface area contributed by atoms with Crippen molar-refractivity contribution in [2.75, 3.05) is 0 Å². The Morgan fingerprint density at radius 3 is 1.21 bits per heavy atom. The first kappa shape index (κ1) is 52.1. The number of hydrogen-bond donors (Lipinski definition) is 7. The summed E-state index contributed by atoms with van der Waals surface area (Å²) in [4.78, 5) is 0. The Labute approximate surface area is 455 Å². The van der Waals surface area contributed by atoms with Crippen LogP contribution in [0.3, 0.4) is 0 Å². The van der Waals surface area contributed by atoms with E-state index < -0.39 is 5.92 Å². The Kier molecular flexibility index (Phi) is 15.0. The fourth-order valence-corrected chi connectivity index (χ4v) is 10.6. The summed E-state index contributed by atoms with van der Waals surface area (Å²) in [5.74, 6) is 1.23. The Bertz CT molecular complexity index is 3730. The predicted octanol–water partition coefficient (Wildman–Crippen LogP) is 16.8. The van der Waals surface area contributed by atoms with E-state index >= 15 is 0 Å². The Morgan fingerprint density at radius 2 is 0.718 bits per heavy atom. The first-order chi connectivity index (χ1) is 37.6. The van der Waals surface area contributed by atoms with Crippen molar-refractivity contribution in [2.24, 2.45) is 11.8 Å². The highest BCUT2D eigenvalue weighted by Crippen LogP contribution is 2.46. The SMILES string of the molecule is CC(C)Cc1ccc(C(c2ccc(O)c(-c3ccccc3O)c2)c2ccc(O)c(-c3ccc(Oc4ccc(-c5ccc(O)c(C(c6ccc(CC(C)C)cc6)c6cc(-c7ccc(O)cc7)ccc6O)c5)cc4)cc3O)c2)cc1. The lowest BCUT2D eigenvalue weighted by Crippen LogP contribution is -2.06. The molecule has 2 atom stereocenters. The molecular weight excluding hydrogens is 969 g/mol. The summed E-state index contributed by atoms with van der Waals surface area (Å²) in [6, 6.07) is 64.9. The molecule has 7 N–H and O–H groups in total. The van der Waals surface area contributed by atoms with Crippen LogP contribution in [-0.4, -0.2) is 35.7 Å². The highest BCUT2D eigenvalue weighted by atomic mass is 16.5. The third kappa shape index (κ3) is 11.4. The van der Waals surface area contributed by atoms with Gasteiger partial charge in [0.1, 0.15) is 51.7 Å². The third-order valence-electron chi connectivity index (χ3n) is 14.4. The molecule has 10 rings (SSSR count). The number of benzene rings is 10. The quantitative estimate of drug-likeness (QED) is 0.0473. The Balaban J connectivity index is 0.936. The number of hydrogen-bond acceptors (Lipinski definition) is 8. The Hall–Kier alpha value is -9.40. The second kappa shape index (κ2) is 22.4. The number of ether oxygens (including phenoxy) is 1. The highest BCUT2D eigenvalue weighted by Gasteiger charge is 2.26. The zero-order valence-corrected chi connectivity index (χ0v) is 44.0. The third-order valence-corrected chi connectivity index (χ3v) is 14.4. The van der Waals surface area contributed by atoms with Crippen molar-refractivity contribution in [3.05, 3.63) is 257 Å². The monoisotopic (exact) mass is 1030 g/mol. The van der Waals surface area contributed by atoms with E-state index in [2.05, 4.69) is 76.2 Å². The van der Waals surface area contributed by atoms with Gasteiger partial charge >= 0.3 is 0 Å². The van der Waals surface area contributed by atoms with Gasteiger partial charge in [-0.25, -0.2) is 0 Å². The van der Waals surface area contributed by atoms with Gasteiger partial charge in [-0.15, -0.1) is 0 Å². The Morgan fingerprint density at radius 1 is 0.308 bits per heavy atom. The van der Waals surface area contributed by atoms with Gasteiger partial charge in [0.05, 0.1) is 0 Å². The van der Waals surface area contributed by atoms with Gasteiger partial charge in [0.25, 0.3) is 0 Å². The first-order valence-corrected chi connectivity index (χ1v) is 26.3. The van der Waals surface area contributed by atoms with Gasteiger partial charge in [-0.2, -0.15) is 0 Å². The number of phenols is 7. The van der Waals surface area contributed by atoms with Gasteiger partial charge in [-0.3, -0.25) is 0 Å². The van der Waals surface area contributed by atoms with Gasteiger partial charge in [0.2, 0.25) is 0 Å². The molecule has 0 aromatic heterocycles. The van der Waals surface area contributed by atoms with E-state index in [-0.39, 0.29) is 46.2 Å². The van der Waals surface area contributed by atoms with E-state index in [9.17, 15) is 35.7 Å². The van der Waals surface area contributed by atoms with Crippen LogP contribution >= 0.6 is 0 Å². The second-order valence-electron chi connectivity index (χ2n) is 21.0. The van der Waals surface area contributed by atoms with Crippen LogP contribution in [0.5, 0.6) is 51.7 Å². The standard InChI is InChI=1S/C70H62O8/c1-42(2)35-44-9-13-48(14-10-44)69(52-23-33-64(73)59(39-52)57-7-5-6-8-63(57)72)53-24-34-65(74)60(40-53)58-30-29-56(41-68(58)77)78-55-27-19-47(20-28-55)51-22-32-67(76)62(38-51)70(49-15-11-45(12-16-49)36-43(3)4)61-37-50(21-31-66(61)75)46-17-25-54(71)26-18-46/h5-34,37-43,69-77H,35-36H2,1-4H3. The zero-order valence-electron chi connectivity index (χ0n) is 44.0. The molecule has 0 spiro atoms. The first-order valence-electron chi connectivity index (χ1n) is 26.3. The van der Waals surface area contributed by atoms with Crippen molar-refractivity contribution < 1.29 is 40.5 Å². The van der Waals surface area contributed by atoms with Crippen molar-refractivity contribution in [3.8, 4) is 96.3 Å². The summed E-state index contributed by atoms with van der Waals surface area (Å²) < 4.78 is 6.30. The molecule has 10 aromatic carbocycles. The molecule has 78 heavy (non-hydrogen) atoms. The van der Waals surface area contributed by atoms with E-state index in [0.29, 0.717) is 56.7 Å². The summed E-state index contributed by atoms with van der Waals surface area (Å²) >= 11 is 0. The molecule has 0 heterocycles. The molecule has 0 aliphatic rings. The van der Waals surface area contributed by atoms with Crippen LogP contribution in [-0.2, 0) is 12.8 Å². The smallest absolute Gasteiger partial charge is 0.131 e. The minimum atomic E-state index is -0.547. The number of para-hydroxylation sites is 1. The maximum atomic E-state index is 11.6. The largest absolute Gasteiger partial charge is 0.508 e. The second-order valence-corrected chi connectivity index (χ2v) is 21.0. The zero-order chi connectivity index (χ0) is 54.6. The minimum Gasteiger partial charge on any atom is -0.508 e. The van der Waals surface area contributed by atoms with Crippen LogP contribution in [0.2, 0.25) is 0 Å². The number of phenolic OH excluding ortho intramolecular Hbond substituents is 7. The average molecular weight is 1030 g/mol. The molecule has 0 bridgehead atoms. The minimum absolute atomic E-state index is 0.0207. The van der Waals surface area contributed by atoms with Gasteiger partial charge in [0.15, 0.2) is 0 Å². The van der Waals surface area contributed by atoms with Crippen molar-refractivity contribution in [3.63, 3.8) is 0 Å². The fraction of sp³-hybridized carbons (Fsp3) is 0.143. The van der Waals surface area contributed by atoms with Gasteiger partial charge < -0.3 is 40.5 Å². The summed E-state index contributed by atoms with van der Waals surface area (Å²) in [6.07, 6.45) is 1.85.